The van der Waals surface area contributed by atoms with Gasteiger partial charge in [-0.25, -0.2) is 4.79 Å². The van der Waals surface area contributed by atoms with E-state index in [2.05, 4.69) is 6.92 Å². The molecule has 0 aliphatic rings. The van der Waals surface area contributed by atoms with Crippen molar-refractivity contribution in [2.75, 3.05) is 0 Å². The highest BCUT2D eigenvalue weighted by Gasteiger charge is 2.21. The quantitative estimate of drug-likeness (QED) is 0.759. The van der Waals surface area contributed by atoms with Crippen LogP contribution in [0.3, 0.4) is 0 Å². The van der Waals surface area contributed by atoms with Gasteiger partial charge in [-0.15, -0.1) is 0 Å². The van der Waals surface area contributed by atoms with Gasteiger partial charge in [-0.1, -0.05) is 31.9 Å². The number of ether oxygens (including phenoxy) is 1. The van der Waals surface area contributed by atoms with Gasteiger partial charge in [-0.05, 0) is 31.0 Å². The summed E-state index contributed by atoms with van der Waals surface area (Å²) >= 11 is 0. The van der Waals surface area contributed by atoms with Gasteiger partial charge in [0.25, 0.3) is 0 Å². The highest BCUT2D eigenvalue weighted by atomic mass is 16.5. The van der Waals surface area contributed by atoms with Gasteiger partial charge >= 0.3 is 5.97 Å². The molecule has 0 heterocycles. The molecule has 4 heteroatoms. The average Bonchev–Trinajstić information content (AvgIpc) is 2.35. The topological polar surface area (TPSA) is 66.8 Å². The molecule has 0 amide bonds. The second-order valence-electron chi connectivity index (χ2n) is 4.79. The molecule has 1 unspecified atom stereocenters. The maximum atomic E-state index is 11.2. The Kier molecular flexibility index (Phi) is 6.36. The lowest BCUT2D eigenvalue weighted by Gasteiger charge is -2.19. The SMILES string of the molecule is CCCCC(C)O[C@@H](Cc1cccc(O)c1)C(=O)O. The summed E-state index contributed by atoms with van der Waals surface area (Å²) in [6.07, 6.45) is 2.28. The fourth-order valence-corrected chi connectivity index (χ4v) is 1.93. The number of aliphatic carboxylic acids is 1. The molecule has 4 nitrogen and oxygen atoms in total. The summed E-state index contributed by atoms with van der Waals surface area (Å²) in [4.78, 5) is 11.2. The fourth-order valence-electron chi connectivity index (χ4n) is 1.93. The van der Waals surface area contributed by atoms with Crippen LogP contribution in [-0.4, -0.2) is 28.4 Å². The Morgan fingerprint density at radius 1 is 1.42 bits per heavy atom. The molecule has 1 aromatic carbocycles. The lowest BCUT2D eigenvalue weighted by atomic mass is 10.1. The van der Waals surface area contributed by atoms with Crippen molar-refractivity contribution in [3.8, 4) is 5.75 Å². The van der Waals surface area contributed by atoms with E-state index in [0.717, 1.165) is 24.8 Å². The Balaban J connectivity index is 2.60. The number of benzene rings is 1. The standard InChI is InChI=1S/C15H22O4/c1-3-4-6-11(2)19-14(15(17)18)10-12-7-5-8-13(16)9-12/h5,7-9,11,14,16H,3-4,6,10H2,1-2H3,(H,17,18)/t11?,14-/m0/s1. The van der Waals surface area contributed by atoms with Crippen molar-refractivity contribution in [3.63, 3.8) is 0 Å². The van der Waals surface area contributed by atoms with Gasteiger partial charge in [0, 0.05) is 6.42 Å². The maximum Gasteiger partial charge on any atom is 0.333 e. The Labute approximate surface area is 114 Å². The van der Waals surface area contributed by atoms with Crippen LogP contribution in [-0.2, 0) is 16.0 Å². The number of phenolic OH excluding ortho intramolecular Hbond substituents is 1. The van der Waals surface area contributed by atoms with E-state index in [1.807, 2.05) is 6.92 Å². The van der Waals surface area contributed by atoms with E-state index in [-0.39, 0.29) is 18.3 Å². The molecule has 106 valence electrons. The minimum atomic E-state index is -0.966. The number of carboxylic acids is 1. The lowest BCUT2D eigenvalue weighted by molar-refractivity contribution is -0.153. The van der Waals surface area contributed by atoms with Crippen LogP contribution >= 0.6 is 0 Å². The highest BCUT2D eigenvalue weighted by molar-refractivity contribution is 5.72. The molecule has 2 atom stereocenters. The van der Waals surface area contributed by atoms with E-state index in [1.165, 1.54) is 0 Å². The molecule has 1 aromatic rings. The largest absolute Gasteiger partial charge is 0.508 e. The summed E-state index contributed by atoms with van der Waals surface area (Å²) in [5, 5.41) is 18.6. The first kappa shape index (κ1) is 15.5. The Bertz CT molecular complexity index is 403. The van der Waals surface area contributed by atoms with Crippen LogP contribution in [0.25, 0.3) is 0 Å². The molecule has 0 radical (unpaired) electrons. The van der Waals surface area contributed by atoms with Crippen molar-refractivity contribution < 1.29 is 19.7 Å². The number of aromatic hydroxyl groups is 1. The van der Waals surface area contributed by atoms with Crippen LogP contribution in [0.2, 0.25) is 0 Å². The predicted molar refractivity (Wildman–Crippen MR) is 73.3 cm³/mol. The van der Waals surface area contributed by atoms with E-state index in [4.69, 9.17) is 4.74 Å². The molecule has 0 aliphatic carbocycles. The van der Waals surface area contributed by atoms with Crippen molar-refractivity contribution in [1.29, 1.82) is 0 Å². The van der Waals surface area contributed by atoms with Crippen LogP contribution in [0.4, 0.5) is 0 Å². The monoisotopic (exact) mass is 266 g/mol. The van der Waals surface area contributed by atoms with Crippen LogP contribution < -0.4 is 0 Å². The van der Waals surface area contributed by atoms with Gasteiger partial charge in [0.05, 0.1) is 6.10 Å². The van der Waals surface area contributed by atoms with Crippen LogP contribution in [0, 0.1) is 0 Å². The number of hydrogen-bond acceptors (Lipinski definition) is 3. The third kappa shape index (κ3) is 5.75. The number of carbonyl (C=O) groups is 1. The Morgan fingerprint density at radius 3 is 2.74 bits per heavy atom. The lowest BCUT2D eigenvalue weighted by Crippen LogP contribution is -2.30. The Morgan fingerprint density at radius 2 is 2.16 bits per heavy atom. The van der Waals surface area contributed by atoms with Crippen molar-refractivity contribution in [2.45, 2.75) is 51.7 Å². The van der Waals surface area contributed by atoms with Crippen LogP contribution in [0.5, 0.6) is 5.75 Å². The zero-order valence-electron chi connectivity index (χ0n) is 11.5. The second kappa shape index (κ2) is 7.79. The summed E-state index contributed by atoms with van der Waals surface area (Å²) in [6.45, 7) is 3.99. The second-order valence-corrected chi connectivity index (χ2v) is 4.79. The van der Waals surface area contributed by atoms with E-state index in [0.29, 0.717) is 0 Å². The molecule has 0 bridgehead atoms. The third-order valence-corrected chi connectivity index (χ3v) is 2.97. The number of carboxylic acid groups (broad SMARTS) is 1. The van der Waals surface area contributed by atoms with Gasteiger partial charge < -0.3 is 14.9 Å². The number of phenols is 1. The van der Waals surface area contributed by atoms with Gasteiger partial charge in [-0.2, -0.15) is 0 Å². The minimum Gasteiger partial charge on any atom is -0.508 e. The minimum absolute atomic E-state index is 0.0710. The normalized spacial score (nSPS) is 14.0. The van der Waals surface area contributed by atoms with Crippen LogP contribution in [0.15, 0.2) is 24.3 Å². The van der Waals surface area contributed by atoms with Crippen molar-refractivity contribution in [2.24, 2.45) is 0 Å². The molecule has 0 saturated heterocycles. The van der Waals surface area contributed by atoms with Gasteiger partial charge in [0.1, 0.15) is 5.75 Å². The molecule has 0 saturated carbocycles. The molecule has 0 aromatic heterocycles. The first-order valence-corrected chi connectivity index (χ1v) is 6.69. The van der Waals surface area contributed by atoms with E-state index < -0.39 is 12.1 Å². The fraction of sp³-hybridized carbons (Fsp3) is 0.533. The van der Waals surface area contributed by atoms with Crippen LogP contribution in [0.1, 0.15) is 38.7 Å². The molecular weight excluding hydrogens is 244 g/mol. The summed E-state index contributed by atoms with van der Waals surface area (Å²) in [7, 11) is 0. The zero-order chi connectivity index (χ0) is 14.3. The molecule has 19 heavy (non-hydrogen) atoms. The summed E-state index contributed by atoms with van der Waals surface area (Å²) < 4.78 is 5.58. The predicted octanol–water partition coefficient (Wildman–Crippen LogP) is 2.98. The van der Waals surface area contributed by atoms with E-state index in [9.17, 15) is 15.0 Å². The average molecular weight is 266 g/mol. The number of unbranched alkanes of at least 4 members (excludes halogenated alkanes) is 1. The molecule has 2 N–H and O–H groups in total. The summed E-state index contributed by atoms with van der Waals surface area (Å²) in [6, 6.07) is 6.61. The number of hydrogen-bond donors (Lipinski definition) is 2. The first-order chi connectivity index (χ1) is 9.02. The zero-order valence-corrected chi connectivity index (χ0v) is 11.5. The molecule has 0 fully saturated rings. The van der Waals surface area contributed by atoms with Crippen molar-refractivity contribution >= 4 is 5.97 Å². The van der Waals surface area contributed by atoms with Gasteiger partial charge in [-0.3, -0.25) is 0 Å². The van der Waals surface area contributed by atoms with Crippen molar-refractivity contribution in [1.82, 2.24) is 0 Å². The van der Waals surface area contributed by atoms with E-state index >= 15 is 0 Å². The highest BCUT2D eigenvalue weighted by Crippen LogP contribution is 2.16. The van der Waals surface area contributed by atoms with Gasteiger partial charge in [0.2, 0.25) is 0 Å². The summed E-state index contributed by atoms with van der Waals surface area (Å²) in [5.41, 5.74) is 0.759. The molecule has 0 aliphatic heterocycles. The smallest absolute Gasteiger partial charge is 0.333 e. The molecular formula is C15H22O4. The summed E-state index contributed by atoms with van der Waals surface area (Å²) in [5.74, 6) is -0.827. The molecule has 1 rings (SSSR count). The Hall–Kier alpha value is -1.55. The maximum absolute atomic E-state index is 11.2. The number of rotatable bonds is 8. The van der Waals surface area contributed by atoms with E-state index in [1.54, 1.807) is 24.3 Å². The first-order valence-electron chi connectivity index (χ1n) is 6.69. The molecule has 0 spiro atoms. The van der Waals surface area contributed by atoms with Crippen molar-refractivity contribution in [3.05, 3.63) is 29.8 Å². The van der Waals surface area contributed by atoms with Gasteiger partial charge in [0.15, 0.2) is 6.10 Å². The third-order valence-electron chi connectivity index (χ3n) is 2.97.